The molecule has 2 N–H and O–H groups in total. The molecule has 1 aliphatic heterocycles. The van der Waals surface area contributed by atoms with Gasteiger partial charge in [-0.2, -0.15) is 13.2 Å². The van der Waals surface area contributed by atoms with Gasteiger partial charge in [0.15, 0.2) is 0 Å². The van der Waals surface area contributed by atoms with E-state index in [4.69, 9.17) is 34.8 Å². The molecule has 0 spiro atoms. The minimum Gasteiger partial charge on any atom is -0.350 e. The first-order chi connectivity index (χ1) is 16.9. The Morgan fingerprint density at radius 3 is 2.11 bits per heavy atom. The number of imide groups is 1. The second-order valence-corrected chi connectivity index (χ2v) is 8.75. The first kappa shape index (κ1) is 25.6. The van der Waals surface area contributed by atoms with Gasteiger partial charge in [0.05, 0.1) is 11.3 Å². The number of alkyl halides is 3. The lowest BCUT2D eigenvalue weighted by Gasteiger charge is -2.16. The summed E-state index contributed by atoms with van der Waals surface area (Å²) < 4.78 is 38.8. The molecule has 4 rings (SSSR count). The van der Waals surface area contributed by atoms with Gasteiger partial charge in [0.1, 0.15) is 10.7 Å². The van der Waals surface area contributed by atoms with Crippen LogP contribution >= 0.6 is 34.8 Å². The van der Waals surface area contributed by atoms with Gasteiger partial charge in [-0.3, -0.25) is 14.4 Å². The van der Waals surface area contributed by atoms with Crippen LogP contribution in [0.4, 0.5) is 30.2 Å². The summed E-state index contributed by atoms with van der Waals surface area (Å²) in [6.07, 6.45) is -4.56. The lowest BCUT2D eigenvalue weighted by Crippen LogP contribution is -2.32. The van der Waals surface area contributed by atoms with Crippen LogP contribution in [0.1, 0.15) is 15.9 Å². The molecule has 0 saturated heterocycles. The molecule has 36 heavy (non-hydrogen) atoms. The first-order valence-electron chi connectivity index (χ1n) is 10.0. The Bertz CT molecular complexity index is 1420. The molecule has 0 aromatic heterocycles. The Kier molecular flexibility index (Phi) is 6.99. The molecular weight excluding hydrogens is 542 g/mol. The van der Waals surface area contributed by atoms with Crippen molar-refractivity contribution in [1.29, 1.82) is 0 Å². The van der Waals surface area contributed by atoms with Crippen molar-refractivity contribution in [3.63, 3.8) is 0 Å². The zero-order valence-corrected chi connectivity index (χ0v) is 20.1. The average Bonchev–Trinajstić information content (AvgIpc) is 3.01. The number of rotatable bonds is 5. The molecule has 0 unspecified atom stereocenters. The maximum absolute atomic E-state index is 13.0. The van der Waals surface area contributed by atoms with E-state index in [9.17, 15) is 27.6 Å². The zero-order chi connectivity index (χ0) is 26.2. The van der Waals surface area contributed by atoms with E-state index in [1.165, 1.54) is 54.6 Å². The fourth-order valence-corrected chi connectivity index (χ4v) is 4.10. The van der Waals surface area contributed by atoms with Gasteiger partial charge in [-0.25, -0.2) is 4.90 Å². The average molecular weight is 555 g/mol. The van der Waals surface area contributed by atoms with E-state index < -0.39 is 34.5 Å². The monoisotopic (exact) mass is 553 g/mol. The minimum absolute atomic E-state index is 0.0497. The number of hydrogen-bond acceptors (Lipinski definition) is 4. The van der Waals surface area contributed by atoms with Crippen molar-refractivity contribution in [1.82, 2.24) is 0 Å². The Morgan fingerprint density at radius 2 is 1.44 bits per heavy atom. The zero-order valence-electron chi connectivity index (χ0n) is 17.8. The van der Waals surface area contributed by atoms with Crippen molar-refractivity contribution in [3.05, 3.63) is 98.6 Å². The van der Waals surface area contributed by atoms with E-state index in [1.54, 1.807) is 0 Å². The molecule has 0 aliphatic carbocycles. The third-order valence-electron chi connectivity index (χ3n) is 4.97. The molecule has 0 fully saturated rings. The van der Waals surface area contributed by atoms with Crippen LogP contribution in [0.2, 0.25) is 10.0 Å². The van der Waals surface area contributed by atoms with Crippen LogP contribution in [0, 0.1) is 0 Å². The highest BCUT2D eigenvalue weighted by atomic mass is 35.5. The van der Waals surface area contributed by atoms with E-state index in [1.807, 2.05) is 0 Å². The Hall–Kier alpha value is -3.53. The van der Waals surface area contributed by atoms with Crippen molar-refractivity contribution in [2.45, 2.75) is 6.18 Å². The van der Waals surface area contributed by atoms with Gasteiger partial charge >= 0.3 is 6.18 Å². The largest absolute Gasteiger partial charge is 0.416 e. The van der Waals surface area contributed by atoms with Gasteiger partial charge in [0.25, 0.3) is 17.7 Å². The lowest BCUT2D eigenvalue weighted by atomic mass is 10.1. The fraction of sp³-hybridized carbons (Fsp3) is 0.0417. The van der Waals surface area contributed by atoms with Gasteiger partial charge in [-0.1, -0.05) is 46.9 Å². The topological polar surface area (TPSA) is 78.5 Å². The summed E-state index contributed by atoms with van der Waals surface area (Å²) >= 11 is 18.1. The van der Waals surface area contributed by atoms with Crippen LogP contribution in [-0.4, -0.2) is 17.7 Å². The molecule has 0 radical (unpaired) electrons. The van der Waals surface area contributed by atoms with Crippen LogP contribution < -0.4 is 15.5 Å². The highest BCUT2D eigenvalue weighted by molar-refractivity contribution is 6.53. The van der Waals surface area contributed by atoms with Crippen LogP contribution in [-0.2, 0) is 15.8 Å². The van der Waals surface area contributed by atoms with Gasteiger partial charge < -0.3 is 10.6 Å². The van der Waals surface area contributed by atoms with E-state index in [2.05, 4.69) is 10.6 Å². The Morgan fingerprint density at radius 1 is 0.806 bits per heavy atom. The van der Waals surface area contributed by atoms with Crippen molar-refractivity contribution in [3.8, 4) is 0 Å². The first-order valence-corrected chi connectivity index (χ1v) is 11.2. The smallest absolute Gasteiger partial charge is 0.350 e. The summed E-state index contributed by atoms with van der Waals surface area (Å²) in [5.41, 5.74) is -0.783. The molecule has 3 aromatic rings. The number of halogens is 6. The number of amides is 3. The number of anilines is 3. The van der Waals surface area contributed by atoms with Crippen LogP contribution in [0.25, 0.3) is 0 Å². The van der Waals surface area contributed by atoms with E-state index >= 15 is 0 Å². The summed E-state index contributed by atoms with van der Waals surface area (Å²) in [4.78, 5) is 39.1. The Labute approximate surface area is 217 Å². The normalized spacial score (nSPS) is 13.9. The third kappa shape index (κ3) is 5.33. The summed E-state index contributed by atoms with van der Waals surface area (Å²) in [5, 5.41) is 5.14. The number of hydrogen-bond donors (Lipinski definition) is 2. The predicted molar refractivity (Wildman–Crippen MR) is 131 cm³/mol. The Balaban J connectivity index is 1.54. The quantitative estimate of drug-likeness (QED) is 0.344. The summed E-state index contributed by atoms with van der Waals surface area (Å²) in [5.74, 6) is -2.27. The number of benzene rings is 3. The van der Waals surface area contributed by atoms with Gasteiger partial charge in [0, 0.05) is 27.0 Å². The van der Waals surface area contributed by atoms with E-state index in [-0.39, 0.29) is 38.4 Å². The molecule has 184 valence electrons. The molecule has 0 saturated carbocycles. The molecule has 3 amide bonds. The molecule has 12 heteroatoms. The molecule has 6 nitrogen and oxygen atoms in total. The predicted octanol–water partition coefficient (Wildman–Crippen LogP) is 6.70. The van der Waals surface area contributed by atoms with Crippen molar-refractivity contribution >= 4 is 69.6 Å². The molecule has 0 atom stereocenters. The summed E-state index contributed by atoms with van der Waals surface area (Å²) in [7, 11) is 0. The third-order valence-corrected chi connectivity index (χ3v) is 5.76. The van der Waals surface area contributed by atoms with Crippen LogP contribution in [0.15, 0.2) is 77.5 Å². The van der Waals surface area contributed by atoms with Crippen LogP contribution in [0.3, 0.4) is 0 Å². The van der Waals surface area contributed by atoms with E-state index in [0.29, 0.717) is 0 Å². The second kappa shape index (κ2) is 9.85. The number of carbonyl (C=O) groups is 3. The summed E-state index contributed by atoms with van der Waals surface area (Å²) in [6.45, 7) is 0. The molecule has 3 aromatic carbocycles. The number of carbonyl (C=O) groups excluding carboxylic acids is 3. The highest BCUT2D eigenvalue weighted by Crippen LogP contribution is 2.34. The van der Waals surface area contributed by atoms with E-state index in [0.717, 1.165) is 17.0 Å². The number of nitrogens with one attached hydrogen (secondary N) is 2. The van der Waals surface area contributed by atoms with Gasteiger partial charge in [-0.15, -0.1) is 0 Å². The highest BCUT2D eigenvalue weighted by Gasteiger charge is 2.39. The number of nitrogens with zero attached hydrogens (tertiary/aromatic N) is 1. The maximum atomic E-state index is 13.0. The molecular formula is C24H13Cl3F3N3O3. The fourth-order valence-electron chi connectivity index (χ4n) is 3.37. The molecule has 0 bridgehead atoms. The molecule has 1 heterocycles. The molecule has 1 aliphatic rings. The maximum Gasteiger partial charge on any atom is 0.416 e. The summed E-state index contributed by atoms with van der Waals surface area (Å²) in [6, 6.07) is 14.1. The van der Waals surface area contributed by atoms with Crippen molar-refractivity contribution < 1.29 is 27.6 Å². The van der Waals surface area contributed by atoms with Crippen molar-refractivity contribution in [2.24, 2.45) is 0 Å². The van der Waals surface area contributed by atoms with Crippen LogP contribution in [0.5, 0.6) is 0 Å². The van der Waals surface area contributed by atoms with Gasteiger partial charge in [-0.05, 0) is 54.6 Å². The second-order valence-electron chi connectivity index (χ2n) is 7.50. The standard InChI is InChI=1S/C24H13Cl3F3N3O3/c25-14-9-15(26)11-18(10-14)33-22(35)19(27)20(23(33)36)31-16-5-1-3-12(7-16)21(34)32-17-6-2-4-13(8-17)24(28,29)30/h1-11,31H,(H,32,34). The van der Waals surface area contributed by atoms with Gasteiger partial charge in [0.2, 0.25) is 0 Å². The minimum atomic E-state index is -4.56. The SMILES string of the molecule is O=C(Nc1cccc(C(F)(F)F)c1)c1cccc(NC2=C(Cl)C(=O)N(c3cc(Cl)cc(Cl)c3)C2=O)c1. The van der Waals surface area contributed by atoms with Crippen molar-refractivity contribution in [2.75, 3.05) is 15.5 Å². The lowest BCUT2D eigenvalue weighted by molar-refractivity contribution is -0.137.